The summed E-state index contributed by atoms with van der Waals surface area (Å²) in [6, 6.07) is 5.89. The third-order valence-electron chi connectivity index (χ3n) is 4.86. The number of likely N-dealkylation sites (N-methyl/N-ethyl adjacent to an activating group) is 2. The highest BCUT2D eigenvalue weighted by Crippen LogP contribution is 2.31. The molecule has 2 amide bonds. The van der Waals surface area contributed by atoms with E-state index in [1.165, 1.54) is 29.0 Å². The van der Waals surface area contributed by atoms with E-state index in [0.29, 0.717) is 12.1 Å². The fraction of sp³-hybridized carbons (Fsp3) is 0.474. The summed E-state index contributed by atoms with van der Waals surface area (Å²) in [5.74, 6) is -0.153. The topological polar surface area (TPSA) is 56.4 Å². The van der Waals surface area contributed by atoms with Gasteiger partial charge in [0.1, 0.15) is 0 Å². The number of carbonyl (C=O) groups excluding carboxylic acids is 2. The van der Waals surface area contributed by atoms with Gasteiger partial charge in [-0.2, -0.15) is 0 Å². The van der Waals surface area contributed by atoms with Gasteiger partial charge in [0.2, 0.25) is 5.91 Å². The van der Waals surface area contributed by atoms with E-state index in [9.17, 15) is 9.59 Å². The number of rotatable bonds is 4. The Hall–Kier alpha value is -2.30. The normalized spacial score (nSPS) is 13.6. The Bertz CT molecular complexity index is 776. The molecule has 0 spiro atoms. The number of aryl methyl sites for hydroxylation is 2. The number of aromatic nitrogens is 1. The average molecular weight is 327 g/mol. The number of carbonyl (C=O) groups is 2. The van der Waals surface area contributed by atoms with Crippen LogP contribution in [0.25, 0.3) is 10.9 Å². The van der Waals surface area contributed by atoms with Crippen LogP contribution >= 0.6 is 0 Å². The number of aromatic amines is 1. The van der Waals surface area contributed by atoms with Crippen molar-refractivity contribution in [3.63, 3.8) is 0 Å². The predicted octanol–water partition coefficient (Wildman–Crippen LogP) is 2.60. The maximum Gasteiger partial charge on any atom is 0.256 e. The SMILES string of the molecule is CCN(CC(=O)N(C)C)C(=O)c1cccc2c3c([nH]c12)CCCC3. The molecule has 1 aliphatic carbocycles. The van der Waals surface area contributed by atoms with Crippen molar-refractivity contribution in [1.82, 2.24) is 14.8 Å². The van der Waals surface area contributed by atoms with Gasteiger partial charge in [-0.15, -0.1) is 0 Å². The standard InChI is InChI=1S/C19H25N3O2/c1-4-22(12-17(23)21(2)3)19(24)15-10-7-9-14-13-8-5-6-11-16(13)20-18(14)15/h7,9-10,20H,4-6,8,11-12H2,1-3H3. The van der Waals surface area contributed by atoms with Crippen molar-refractivity contribution in [2.75, 3.05) is 27.2 Å². The molecule has 1 aromatic heterocycles. The van der Waals surface area contributed by atoms with Crippen molar-refractivity contribution in [2.24, 2.45) is 0 Å². The van der Waals surface area contributed by atoms with Crippen LogP contribution in [0.5, 0.6) is 0 Å². The van der Waals surface area contributed by atoms with Crippen LogP contribution < -0.4 is 0 Å². The van der Waals surface area contributed by atoms with Crippen LogP contribution in [0, 0.1) is 0 Å². The van der Waals surface area contributed by atoms with Crippen LogP contribution in [-0.2, 0) is 17.6 Å². The van der Waals surface area contributed by atoms with Gasteiger partial charge in [0.05, 0.1) is 17.6 Å². The van der Waals surface area contributed by atoms with E-state index in [-0.39, 0.29) is 18.4 Å². The van der Waals surface area contributed by atoms with Gasteiger partial charge in [-0.05, 0) is 44.2 Å². The molecule has 0 saturated carbocycles. The molecule has 1 heterocycles. The number of nitrogens with one attached hydrogen (secondary N) is 1. The molecule has 0 aliphatic heterocycles. The Morgan fingerprint density at radius 1 is 1.17 bits per heavy atom. The minimum absolute atomic E-state index is 0.0665. The molecule has 3 rings (SSSR count). The summed E-state index contributed by atoms with van der Waals surface area (Å²) in [6.45, 7) is 2.52. The average Bonchev–Trinajstić information content (AvgIpc) is 2.97. The fourth-order valence-corrected chi connectivity index (χ4v) is 3.41. The lowest BCUT2D eigenvalue weighted by Crippen LogP contribution is -2.40. The third-order valence-corrected chi connectivity index (χ3v) is 4.86. The van der Waals surface area contributed by atoms with Gasteiger partial charge in [-0.25, -0.2) is 0 Å². The zero-order chi connectivity index (χ0) is 17.3. The number of nitrogens with zero attached hydrogens (tertiary/aromatic N) is 2. The van der Waals surface area contributed by atoms with E-state index in [0.717, 1.165) is 23.7 Å². The Labute approximate surface area is 142 Å². The molecular formula is C19H25N3O2. The molecule has 5 nitrogen and oxygen atoms in total. The summed E-state index contributed by atoms with van der Waals surface area (Å²) in [6.07, 6.45) is 4.52. The second-order valence-corrected chi connectivity index (χ2v) is 6.62. The monoisotopic (exact) mass is 327 g/mol. The number of fused-ring (bicyclic) bond motifs is 3. The van der Waals surface area contributed by atoms with Gasteiger partial charge < -0.3 is 14.8 Å². The minimum Gasteiger partial charge on any atom is -0.358 e. The molecule has 0 fully saturated rings. The van der Waals surface area contributed by atoms with Gasteiger partial charge >= 0.3 is 0 Å². The van der Waals surface area contributed by atoms with E-state index in [1.54, 1.807) is 19.0 Å². The first-order valence-electron chi connectivity index (χ1n) is 8.64. The number of benzene rings is 1. The summed E-state index contributed by atoms with van der Waals surface area (Å²) in [7, 11) is 3.42. The van der Waals surface area contributed by atoms with Crippen molar-refractivity contribution in [1.29, 1.82) is 0 Å². The number of H-pyrrole nitrogens is 1. The highest BCUT2D eigenvalue weighted by molar-refractivity contribution is 6.07. The molecule has 5 heteroatoms. The van der Waals surface area contributed by atoms with Gasteiger partial charge in [-0.3, -0.25) is 9.59 Å². The van der Waals surface area contributed by atoms with E-state index in [1.807, 2.05) is 19.1 Å². The second-order valence-electron chi connectivity index (χ2n) is 6.62. The zero-order valence-corrected chi connectivity index (χ0v) is 14.7. The third kappa shape index (κ3) is 2.90. The van der Waals surface area contributed by atoms with Gasteiger partial charge in [0.15, 0.2) is 0 Å². The van der Waals surface area contributed by atoms with Crippen molar-refractivity contribution in [3.8, 4) is 0 Å². The van der Waals surface area contributed by atoms with Crippen LogP contribution in [0.1, 0.15) is 41.4 Å². The smallest absolute Gasteiger partial charge is 0.256 e. The van der Waals surface area contributed by atoms with E-state index in [4.69, 9.17) is 0 Å². The first-order valence-corrected chi connectivity index (χ1v) is 8.64. The molecule has 0 atom stereocenters. The van der Waals surface area contributed by atoms with Gasteiger partial charge in [0, 0.05) is 31.7 Å². The number of amides is 2. The molecule has 0 saturated heterocycles. The largest absolute Gasteiger partial charge is 0.358 e. The van der Waals surface area contributed by atoms with Crippen LogP contribution in [-0.4, -0.2) is 53.8 Å². The van der Waals surface area contributed by atoms with Crippen LogP contribution in [0.3, 0.4) is 0 Å². The van der Waals surface area contributed by atoms with Crippen molar-refractivity contribution in [3.05, 3.63) is 35.0 Å². The van der Waals surface area contributed by atoms with E-state index >= 15 is 0 Å². The quantitative estimate of drug-likeness (QED) is 0.938. The molecule has 0 radical (unpaired) electrons. The summed E-state index contributed by atoms with van der Waals surface area (Å²) >= 11 is 0. The van der Waals surface area contributed by atoms with Crippen LogP contribution in [0.4, 0.5) is 0 Å². The maximum absolute atomic E-state index is 13.0. The lowest BCUT2D eigenvalue weighted by atomic mass is 9.95. The molecule has 1 N–H and O–H groups in total. The summed E-state index contributed by atoms with van der Waals surface area (Å²) < 4.78 is 0. The van der Waals surface area contributed by atoms with Crippen molar-refractivity contribution >= 4 is 22.7 Å². The maximum atomic E-state index is 13.0. The molecule has 0 bridgehead atoms. The Balaban J connectivity index is 1.97. The first kappa shape index (κ1) is 16.6. The zero-order valence-electron chi connectivity index (χ0n) is 14.7. The fourth-order valence-electron chi connectivity index (χ4n) is 3.41. The van der Waals surface area contributed by atoms with Gasteiger partial charge in [-0.1, -0.05) is 12.1 Å². The number of hydrogen-bond donors (Lipinski definition) is 1. The highest BCUT2D eigenvalue weighted by atomic mass is 16.2. The van der Waals surface area contributed by atoms with Gasteiger partial charge in [0.25, 0.3) is 5.91 Å². The molecule has 128 valence electrons. The van der Waals surface area contributed by atoms with Crippen LogP contribution in [0.15, 0.2) is 18.2 Å². The van der Waals surface area contributed by atoms with E-state index < -0.39 is 0 Å². The highest BCUT2D eigenvalue weighted by Gasteiger charge is 2.23. The Morgan fingerprint density at radius 3 is 2.62 bits per heavy atom. The predicted molar refractivity (Wildman–Crippen MR) is 95.2 cm³/mol. The lowest BCUT2D eigenvalue weighted by molar-refractivity contribution is -0.129. The van der Waals surface area contributed by atoms with Crippen molar-refractivity contribution in [2.45, 2.75) is 32.6 Å². The molecule has 1 aliphatic rings. The molecule has 0 unspecified atom stereocenters. The second kappa shape index (κ2) is 6.67. The first-order chi connectivity index (χ1) is 11.5. The molecule has 1 aromatic carbocycles. The van der Waals surface area contributed by atoms with Crippen LogP contribution in [0.2, 0.25) is 0 Å². The minimum atomic E-state index is -0.0862. The summed E-state index contributed by atoms with van der Waals surface area (Å²) in [5, 5.41) is 1.16. The Morgan fingerprint density at radius 2 is 1.92 bits per heavy atom. The summed E-state index contributed by atoms with van der Waals surface area (Å²) in [4.78, 5) is 31.6. The van der Waals surface area contributed by atoms with Crippen molar-refractivity contribution < 1.29 is 9.59 Å². The Kier molecular flexibility index (Phi) is 4.60. The molecule has 2 aromatic rings. The lowest BCUT2D eigenvalue weighted by Gasteiger charge is -2.22. The molecule has 24 heavy (non-hydrogen) atoms. The summed E-state index contributed by atoms with van der Waals surface area (Å²) in [5.41, 5.74) is 4.21. The molecular weight excluding hydrogens is 302 g/mol. The van der Waals surface area contributed by atoms with E-state index in [2.05, 4.69) is 11.1 Å². The number of hydrogen-bond acceptors (Lipinski definition) is 2. The number of para-hydroxylation sites is 1.